The van der Waals surface area contributed by atoms with Crippen LogP contribution in [0.2, 0.25) is 0 Å². The van der Waals surface area contributed by atoms with Gasteiger partial charge in [0.2, 0.25) is 0 Å². The Hall–Kier alpha value is -4.60. The maximum Gasteiger partial charge on any atom is 0.178 e. The largest absolute Gasteiger partial charge is 0.472 e. The Labute approximate surface area is 193 Å². The zero-order valence-corrected chi connectivity index (χ0v) is 18.4. The first-order valence-corrected chi connectivity index (χ1v) is 10.6. The lowest BCUT2D eigenvalue weighted by molar-refractivity contribution is 0.568. The quantitative estimate of drug-likeness (QED) is 0.421. The van der Waals surface area contributed by atoms with E-state index in [-0.39, 0.29) is 12.2 Å². The smallest absolute Gasteiger partial charge is 0.178 e. The summed E-state index contributed by atoms with van der Waals surface area (Å²) in [5.41, 5.74) is 5.44. The SMILES string of the molecule is CN(C)c1cncc(-c2cnc3c(c2F)C(c2nc4nccc(-c5ccoc5)c4[nH]2)=NCN3)c1. The zero-order valence-electron chi connectivity index (χ0n) is 18.4. The Bertz CT molecular complexity index is 1560. The maximum atomic E-state index is 16.0. The first kappa shape index (κ1) is 20.0. The van der Waals surface area contributed by atoms with Gasteiger partial charge < -0.3 is 19.6 Å². The van der Waals surface area contributed by atoms with E-state index in [0.29, 0.717) is 39.6 Å². The fraction of sp³-hybridized carbons (Fsp3) is 0.125. The first-order valence-electron chi connectivity index (χ1n) is 10.6. The van der Waals surface area contributed by atoms with Gasteiger partial charge in [0.15, 0.2) is 11.5 Å². The number of furan rings is 1. The van der Waals surface area contributed by atoms with Gasteiger partial charge in [-0.25, -0.2) is 19.3 Å². The standard InChI is InChI=1S/C24H19FN8O/c1-33(2)15-7-14(8-26-9-15)17-10-28-22-18(19(17)25)21(29-12-30-22)24-31-20-16(13-4-6-34-11-13)3-5-27-23(20)32-24/h3-11H,12H2,1-2H3,(H,28,30)(H,27,31,32). The minimum Gasteiger partial charge on any atom is -0.472 e. The molecule has 0 unspecified atom stereocenters. The Morgan fingerprint density at radius 3 is 2.79 bits per heavy atom. The van der Waals surface area contributed by atoms with Crippen LogP contribution >= 0.6 is 0 Å². The van der Waals surface area contributed by atoms with Gasteiger partial charge in [-0.15, -0.1) is 0 Å². The van der Waals surface area contributed by atoms with E-state index in [1.807, 2.05) is 37.2 Å². The van der Waals surface area contributed by atoms with Gasteiger partial charge in [-0.1, -0.05) is 0 Å². The lowest BCUT2D eigenvalue weighted by Gasteiger charge is -2.19. The third kappa shape index (κ3) is 3.19. The molecule has 1 aliphatic rings. The number of aromatic nitrogens is 5. The van der Waals surface area contributed by atoms with Crippen molar-refractivity contribution >= 4 is 28.4 Å². The molecular formula is C24H19FN8O. The summed E-state index contributed by atoms with van der Waals surface area (Å²) in [6.07, 6.45) is 9.79. The van der Waals surface area contributed by atoms with Crippen LogP contribution in [0.3, 0.4) is 0 Å². The summed E-state index contributed by atoms with van der Waals surface area (Å²) in [6, 6.07) is 5.60. The molecule has 5 aromatic heterocycles. The molecule has 10 heteroatoms. The number of nitrogens with zero attached hydrogens (tertiary/aromatic N) is 6. The molecule has 0 fully saturated rings. The van der Waals surface area contributed by atoms with E-state index < -0.39 is 5.82 Å². The molecule has 0 spiro atoms. The molecular weight excluding hydrogens is 435 g/mol. The van der Waals surface area contributed by atoms with Crippen molar-refractivity contribution in [3.63, 3.8) is 0 Å². The number of hydrogen-bond donors (Lipinski definition) is 2. The Kier molecular flexibility index (Phi) is 4.58. The fourth-order valence-corrected chi connectivity index (χ4v) is 4.01. The number of anilines is 2. The van der Waals surface area contributed by atoms with Crippen LogP contribution in [0.5, 0.6) is 0 Å². The first-order chi connectivity index (χ1) is 16.6. The number of H-pyrrole nitrogens is 1. The normalized spacial score (nSPS) is 12.9. The van der Waals surface area contributed by atoms with Crippen LogP contribution in [0.1, 0.15) is 11.4 Å². The molecule has 6 rings (SSSR count). The van der Waals surface area contributed by atoms with Crippen molar-refractivity contribution in [1.29, 1.82) is 0 Å². The molecule has 9 nitrogen and oxygen atoms in total. The molecule has 1 aliphatic heterocycles. The monoisotopic (exact) mass is 454 g/mol. The third-order valence-corrected chi connectivity index (χ3v) is 5.74. The van der Waals surface area contributed by atoms with Crippen molar-refractivity contribution in [1.82, 2.24) is 24.9 Å². The molecule has 2 N–H and O–H groups in total. The number of halogens is 1. The fourth-order valence-electron chi connectivity index (χ4n) is 4.01. The van der Waals surface area contributed by atoms with Crippen LogP contribution in [-0.2, 0) is 0 Å². The van der Waals surface area contributed by atoms with Gasteiger partial charge in [-0.2, -0.15) is 0 Å². The highest BCUT2D eigenvalue weighted by Crippen LogP contribution is 2.33. The van der Waals surface area contributed by atoms with E-state index in [1.54, 1.807) is 31.1 Å². The zero-order chi connectivity index (χ0) is 23.2. The highest BCUT2D eigenvalue weighted by molar-refractivity contribution is 6.16. The lowest BCUT2D eigenvalue weighted by atomic mass is 10.0. The number of rotatable bonds is 4. The molecule has 0 amide bonds. The van der Waals surface area contributed by atoms with Crippen molar-refractivity contribution in [3.8, 4) is 22.3 Å². The van der Waals surface area contributed by atoms with Crippen LogP contribution in [0.25, 0.3) is 33.4 Å². The van der Waals surface area contributed by atoms with Crippen LogP contribution in [0, 0.1) is 5.82 Å². The van der Waals surface area contributed by atoms with Gasteiger partial charge in [-0.3, -0.25) is 9.98 Å². The van der Waals surface area contributed by atoms with Gasteiger partial charge >= 0.3 is 0 Å². The van der Waals surface area contributed by atoms with Crippen molar-refractivity contribution < 1.29 is 8.81 Å². The number of pyridine rings is 3. The molecule has 5 aromatic rings. The number of imidazole rings is 1. The summed E-state index contributed by atoms with van der Waals surface area (Å²) in [6.45, 7) is 0.255. The topological polar surface area (TPSA) is 108 Å². The van der Waals surface area contributed by atoms with E-state index in [4.69, 9.17) is 4.42 Å². The molecule has 34 heavy (non-hydrogen) atoms. The number of aliphatic imine (C=N–C) groups is 1. The predicted molar refractivity (Wildman–Crippen MR) is 127 cm³/mol. The Balaban J connectivity index is 1.49. The highest BCUT2D eigenvalue weighted by Gasteiger charge is 2.27. The number of nitrogens with one attached hydrogen (secondary N) is 2. The van der Waals surface area contributed by atoms with E-state index in [1.165, 1.54) is 6.20 Å². The van der Waals surface area contributed by atoms with Crippen LogP contribution < -0.4 is 10.2 Å². The number of aromatic amines is 1. The van der Waals surface area contributed by atoms with Crippen molar-refractivity contribution in [3.05, 3.63) is 72.7 Å². The molecule has 0 saturated heterocycles. The molecule has 0 atom stereocenters. The second-order valence-corrected chi connectivity index (χ2v) is 8.03. The van der Waals surface area contributed by atoms with E-state index >= 15 is 4.39 Å². The van der Waals surface area contributed by atoms with Gasteiger partial charge in [0, 0.05) is 54.9 Å². The van der Waals surface area contributed by atoms with E-state index in [9.17, 15) is 0 Å². The summed E-state index contributed by atoms with van der Waals surface area (Å²) < 4.78 is 21.2. The molecule has 0 bridgehead atoms. The Morgan fingerprint density at radius 1 is 1.06 bits per heavy atom. The molecule has 0 aromatic carbocycles. The van der Waals surface area contributed by atoms with E-state index in [0.717, 1.165) is 16.8 Å². The summed E-state index contributed by atoms with van der Waals surface area (Å²) >= 11 is 0. The second kappa shape index (κ2) is 7.77. The number of fused-ring (bicyclic) bond motifs is 2. The molecule has 6 heterocycles. The van der Waals surface area contributed by atoms with Crippen LogP contribution in [0.15, 0.2) is 64.9 Å². The highest BCUT2D eigenvalue weighted by atomic mass is 19.1. The van der Waals surface area contributed by atoms with Crippen molar-refractivity contribution in [2.24, 2.45) is 4.99 Å². The van der Waals surface area contributed by atoms with Gasteiger partial charge in [0.05, 0.1) is 35.5 Å². The molecule has 0 aliphatic carbocycles. The summed E-state index contributed by atoms with van der Waals surface area (Å²) in [5.74, 6) is 0.378. The summed E-state index contributed by atoms with van der Waals surface area (Å²) in [5, 5.41) is 3.05. The summed E-state index contributed by atoms with van der Waals surface area (Å²) in [7, 11) is 3.81. The second-order valence-electron chi connectivity index (χ2n) is 8.03. The predicted octanol–water partition coefficient (Wildman–Crippen LogP) is 4.10. The van der Waals surface area contributed by atoms with E-state index in [2.05, 4.69) is 35.2 Å². The van der Waals surface area contributed by atoms with Gasteiger partial charge in [-0.05, 0) is 18.2 Å². The average molecular weight is 454 g/mol. The van der Waals surface area contributed by atoms with Gasteiger partial charge in [0.25, 0.3) is 0 Å². The van der Waals surface area contributed by atoms with Crippen LogP contribution in [0.4, 0.5) is 15.9 Å². The lowest BCUT2D eigenvalue weighted by Crippen LogP contribution is -2.21. The molecule has 168 valence electrons. The molecule has 0 saturated carbocycles. The molecule has 0 radical (unpaired) electrons. The summed E-state index contributed by atoms with van der Waals surface area (Å²) in [4.78, 5) is 27.5. The van der Waals surface area contributed by atoms with Crippen molar-refractivity contribution in [2.75, 3.05) is 31.0 Å². The average Bonchev–Trinajstić information content (AvgIpc) is 3.54. The number of hydrogen-bond acceptors (Lipinski definition) is 8. The third-order valence-electron chi connectivity index (χ3n) is 5.74. The Morgan fingerprint density at radius 2 is 1.97 bits per heavy atom. The van der Waals surface area contributed by atoms with Gasteiger partial charge in [0.1, 0.15) is 24.0 Å². The minimum atomic E-state index is -0.447. The van der Waals surface area contributed by atoms with Crippen molar-refractivity contribution in [2.45, 2.75) is 0 Å². The maximum absolute atomic E-state index is 16.0. The minimum absolute atomic E-state index is 0.253. The van der Waals surface area contributed by atoms with Crippen LogP contribution in [-0.4, -0.2) is 51.4 Å².